The Balaban J connectivity index is 3.13. The van der Waals surface area contributed by atoms with Crippen molar-refractivity contribution < 1.29 is 4.74 Å². The fraction of sp³-hybridized carbons (Fsp3) is 0.500. The maximum Gasteiger partial charge on any atom is 0.126 e. The Hall–Kier alpha value is -0.670. The van der Waals surface area contributed by atoms with Crippen LogP contribution in [0.25, 0.3) is 0 Å². The van der Waals surface area contributed by atoms with E-state index < -0.39 is 0 Å². The molecule has 0 aliphatic heterocycles. The molecule has 0 fully saturated rings. The first kappa shape index (κ1) is 12.4. The molecule has 0 saturated heterocycles. The quantitative estimate of drug-likeness (QED) is 0.855. The summed E-state index contributed by atoms with van der Waals surface area (Å²) in [6, 6.07) is 4.29. The topological polar surface area (TPSA) is 35.2 Å². The van der Waals surface area contributed by atoms with Crippen molar-refractivity contribution in [2.24, 2.45) is 5.73 Å². The maximum atomic E-state index is 6.12. The summed E-state index contributed by atoms with van der Waals surface area (Å²) in [6.07, 6.45) is 2.06. The number of hydrogen-bond acceptors (Lipinski definition) is 3. The summed E-state index contributed by atoms with van der Waals surface area (Å²) in [5.74, 6) is 1.85. The fourth-order valence-corrected chi connectivity index (χ4v) is 2.35. The molecule has 0 aliphatic rings. The first-order valence-electron chi connectivity index (χ1n) is 4.99. The molecule has 15 heavy (non-hydrogen) atoms. The van der Waals surface area contributed by atoms with E-state index in [1.165, 1.54) is 5.56 Å². The molecule has 1 atom stereocenters. The van der Waals surface area contributed by atoms with E-state index in [4.69, 9.17) is 10.5 Å². The molecule has 84 valence electrons. The Labute approximate surface area is 96.2 Å². The van der Waals surface area contributed by atoms with E-state index in [0.717, 1.165) is 22.6 Å². The van der Waals surface area contributed by atoms with Crippen LogP contribution in [0.4, 0.5) is 0 Å². The van der Waals surface area contributed by atoms with Gasteiger partial charge in [0, 0.05) is 17.4 Å². The van der Waals surface area contributed by atoms with Crippen molar-refractivity contribution in [1.82, 2.24) is 0 Å². The minimum atomic E-state index is 0.0496. The molecule has 0 spiro atoms. The van der Waals surface area contributed by atoms with Crippen molar-refractivity contribution in [3.05, 3.63) is 28.8 Å². The highest BCUT2D eigenvalue weighted by molar-refractivity contribution is 7.98. The summed E-state index contributed by atoms with van der Waals surface area (Å²) in [6.45, 7) is 4.14. The van der Waals surface area contributed by atoms with Crippen LogP contribution >= 0.6 is 11.8 Å². The van der Waals surface area contributed by atoms with E-state index in [2.05, 4.69) is 32.2 Å². The van der Waals surface area contributed by atoms with Gasteiger partial charge in [0.1, 0.15) is 5.75 Å². The minimum absolute atomic E-state index is 0.0496. The van der Waals surface area contributed by atoms with E-state index >= 15 is 0 Å². The number of aryl methyl sites for hydroxylation is 2. The average molecular weight is 225 g/mol. The zero-order valence-electron chi connectivity index (χ0n) is 9.83. The van der Waals surface area contributed by atoms with E-state index in [1.54, 1.807) is 18.9 Å². The predicted octanol–water partition coefficient (Wildman–Crippen LogP) is 2.67. The highest BCUT2D eigenvalue weighted by atomic mass is 32.2. The number of ether oxygens (including phenoxy) is 1. The smallest absolute Gasteiger partial charge is 0.126 e. The van der Waals surface area contributed by atoms with Gasteiger partial charge in [-0.25, -0.2) is 0 Å². The molecule has 0 heterocycles. The van der Waals surface area contributed by atoms with Gasteiger partial charge in [-0.3, -0.25) is 0 Å². The summed E-state index contributed by atoms with van der Waals surface area (Å²) in [7, 11) is 1.70. The third kappa shape index (κ3) is 2.89. The number of nitrogens with two attached hydrogens (primary N) is 1. The second kappa shape index (κ2) is 5.42. The van der Waals surface area contributed by atoms with Crippen molar-refractivity contribution in [3.8, 4) is 5.75 Å². The van der Waals surface area contributed by atoms with E-state index in [-0.39, 0.29) is 6.04 Å². The molecule has 2 N–H and O–H groups in total. The highest BCUT2D eigenvalue weighted by Gasteiger charge is 2.13. The molecule has 0 saturated carbocycles. The lowest BCUT2D eigenvalue weighted by atomic mass is 10.0. The molecule has 0 aliphatic carbocycles. The lowest BCUT2D eigenvalue weighted by molar-refractivity contribution is 0.404. The minimum Gasteiger partial charge on any atom is -0.496 e. The molecular weight excluding hydrogens is 206 g/mol. The van der Waals surface area contributed by atoms with Gasteiger partial charge >= 0.3 is 0 Å². The SMILES string of the molecule is COc1c(C)cc(C)cc1C(N)CSC. The standard InChI is InChI=1S/C12H19NOS/c1-8-5-9(2)12(14-3)10(6-8)11(13)7-15-4/h5-6,11H,7,13H2,1-4H3. The monoisotopic (exact) mass is 225 g/mol. The van der Waals surface area contributed by atoms with Crippen LogP contribution in [0, 0.1) is 13.8 Å². The van der Waals surface area contributed by atoms with Gasteiger partial charge in [0.15, 0.2) is 0 Å². The van der Waals surface area contributed by atoms with E-state index in [9.17, 15) is 0 Å². The lowest BCUT2D eigenvalue weighted by Crippen LogP contribution is -2.14. The fourth-order valence-electron chi connectivity index (χ4n) is 1.81. The summed E-state index contributed by atoms with van der Waals surface area (Å²) in [5, 5.41) is 0. The van der Waals surface area contributed by atoms with Gasteiger partial charge in [-0.1, -0.05) is 17.7 Å². The van der Waals surface area contributed by atoms with Crippen molar-refractivity contribution in [1.29, 1.82) is 0 Å². The zero-order chi connectivity index (χ0) is 11.4. The molecule has 1 aromatic carbocycles. The molecule has 0 bridgehead atoms. The van der Waals surface area contributed by atoms with Gasteiger partial charge in [-0.05, 0) is 25.7 Å². The van der Waals surface area contributed by atoms with Crippen LogP contribution in [0.2, 0.25) is 0 Å². The van der Waals surface area contributed by atoms with Gasteiger partial charge < -0.3 is 10.5 Å². The molecule has 3 heteroatoms. The molecular formula is C12H19NOS. The van der Waals surface area contributed by atoms with Crippen LogP contribution in [-0.2, 0) is 0 Å². The van der Waals surface area contributed by atoms with Gasteiger partial charge in [0.25, 0.3) is 0 Å². The Bertz CT molecular complexity index is 339. The molecule has 2 nitrogen and oxygen atoms in total. The number of hydrogen-bond donors (Lipinski definition) is 1. The van der Waals surface area contributed by atoms with Crippen LogP contribution in [0.3, 0.4) is 0 Å². The first-order valence-corrected chi connectivity index (χ1v) is 6.39. The molecule has 0 radical (unpaired) electrons. The number of thioether (sulfide) groups is 1. The van der Waals surface area contributed by atoms with Crippen LogP contribution in [0.1, 0.15) is 22.7 Å². The number of benzene rings is 1. The first-order chi connectivity index (χ1) is 7.10. The zero-order valence-corrected chi connectivity index (χ0v) is 10.6. The third-order valence-corrected chi connectivity index (χ3v) is 3.09. The van der Waals surface area contributed by atoms with Gasteiger partial charge in [-0.15, -0.1) is 0 Å². The van der Waals surface area contributed by atoms with Gasteiger partial charge in [0.05, 0.1) is 7.11 Å². The van der Waals surface area contributed by atoms with Crippen molar-refractivity contribution in [3.63, 3.8) is 0 Å². The summed E-state index contributed by atoms with van der Waals surface area (Å²) in [5.41, 5.74) is 9.63. The third-order valence-electron chi connectivity index (χ3n) is 2.40. The maximum absolute atomic E-state index is 6.12. The average Bonchev–Trinajstić information content (AvgIpc) is 2.17. The molecule has 1 unspecified atom stereocenters. The molecule has 0 amide bonds. The second-order valence-electron chi connectivity index (χ2n) is 3.77. The predicted molar refractivity (Wildman–Crippen MR) is 67.8 cm³/mol. The summed E-state index contributed by atoms with van der Waals surface area (Å²) < 4.78 is 5.41. The van der Waals surface area contributed by atoms with Crippen LogP contribution < -0.4 is 10.5 Å². The normalized spacial score (nSPS) is 12.6. The van der Waals surface area contributed by atoms with Crippen LogP contribution in [0.5, 0.6) is 5.75 Å². The highest BCUT2D eigenvalue weighted by Crippen LogP contribution is 2.30. The summed E-state index contributed by atoms with van der Waals surface area (Å²) >= 11 is 1.75. The molecule has 1 aromatic rings. The molecule has 0 aromatic heterocycles. The van der Waals surface area contributed by atoms with Crippen LogP contribution in [0.15, 0.2) is 12.1 Å². The largest absolute Gasteiger partial charge is 0.496 e. The number of methoxy groups -OCH3 is 1. The molecule has 1 rings (SSSR count). The Kier molecular flexibility index (Phi) is 4.48. The number of rotatable bonds is 4. The second-order valence-corrected chi connectivity index (χ2v) is 4.68. The van der Waals surface area contributed by atoms with Crippen molar-refractivity contribution >= 4 is 11.8 Å². The van der Waals surface area contributed by atoms with E-state index in [1.807, 2.05) is 0 Å². The van der Waals surface area contributed by atoms with Gasteiger partial charge in [-0.2, -0.15) is 11.8 Å². The van der Waals surface area contributed by atoms with E-state index in [0.29, 0.717) is 0 Å². The summed E-state index contributed by atoms with van der Waals surface area (Å²) in [4.78, 5) is 0. The Morgan fingerprint density at radius 2 is 2.07 bits per heavy atom. The Morgan fingerprint density at radius 1 is 1.40 bits per heavy atom. The Morgan fingerprint density at radius 3 is 2.60 bits per heavy atom. The van der Waals surface area contributed by atoms with Crippen LogP contribution in [-0.4, -0.2) is 19.1 Å². The van der Waals surface area contributed by atoms with Gasteiger partial charge in [0.2, 0.25) is 0 Å². The van der Waals surface area contributed by atoms with Crippen molar-refractivity contribution in [2.75, 3.05) is 19.1 Å². The lowest BCUT2D eigenvalue weighted by Gasteiger charge is -2.17. The van der Waals surface area contributed by atoms with Crippen molar-refractivity contribution in [2.45, 2.75) is 19.9 Å².